The highest BCUT2D eigenvalue weighted by Gasteiger charge is 2.35. The van der Waals surface area contributed by atoms with Crippen LogP contribution in [-0.2, 0) is 11.3 Å². The van der Waals surface area contributed by atoms with E-state index in [2.05, 4.69) is 4.90 Å². The largest absolute Gasteiger partial charge is 0.497 e. The Morgan fingerprint density at radius 2 is 1.96 bits per heavy atom. The highest BCUT2D eigenvalue weighted by atomic mass is 16.5. The first-order valence-electron chi connectivity index (χ1n) is 9.25. The summed E-state index contributed by atoms with van der Waals surface area (Å²) in [6, 6.07) is 7.97. The van der Waals surface area contributed by atoms with Crippen LogP contribution in [-0.4, -0.2) is 65.7 Å². The molecule has 6 heteroatoms. The average Bonchev–Trinajstić information content (AvgIpc) is 2.75. The van der Waals surface area contributed by atoms with Crippen molar-refractivity contribution in [3.05, 3.63) is 29.8 Å². The molecule has 2 rings (SSSR count). The predicted octanol–water partition coefficient (Wildman–Crippen LogP) is 1.61. The number of rotatable bonds is 6. The van der Waals surface area contributed by atoms with E-state index in [0.29, 0.717) is 32.5 Å². The number of likely N-dealkylation sites (tertiary alicyclic amines) is 1. The number of nitrogens with zero attached hydrogens (tertiary/aromatic N) is 2. The third-order valence-corrected chi connectivity index (χ3v) is 4.93. The van der Waals surface area contributed by atoms with Crippen molar-refractivity contribution in [2.24, 2.45) is 5.73 Å². The number of aliphatic hydroxyl groups is 1. The Morgan fingerprint density at radius 1 is 1.31 bits per heavy atom. The van der Waals surface area contributed by atoms with Crippen LogP contribution >= 0.6 is 0 Å². The van der Waals surface area contributed by atoms with E-state index in [0.717, 1.165) is 18.7 Å². The molecule has 1 fully saturated rings. The Hall–Kier alpha value is -1.63. The van der Waals surface area contributed by atoms with E-state index in [4.69, 9.17) is 10.5 Å². The van der Waals surface area contributed by atoms with Gasteiger partial charge in [0.25, 0.3) is 0 Å². The zero-order valence-corrected chi connectivity index (χ0v) is 16.5. The summed E-state index contributed by atoms with van der Waals surface area (Å²) in [6.07, 6.45) is 2.05. The van der Waals surface area contributed by atoms with E-state index in [1.807, 2.05) is 31.3 Å². The van der Waals surface area contributed by atoms with Crippen molar-refractivity contribution >= 4 is 5.91 Å². The van der Waals surface area contributed by atoms with Crippen LogP contribution in [0, 0.1) is 0 Å². The van der Waals surface area contributed by atoms with Crippen molar-refractivity contribution in [1.29, 1.82) is 0 Å². The predicted molar refractivity (Wildman–Crippen MR) is 103 cm³/mol. The van der Waals surface area contributed by atoms with Crippen molar-refractivity contribution in [3.63, 3.8) is 0 Å². The van der Waals surface area contributed by atoms with Gasteiger partial charge >= 0.3 is 0 Å². The van der Waals surface area contributed by atoms with Crippen LogP contribution in [0.4, 0.5) is 0 Å². The van der Waals surface area contributed by atoms with Gasteiger partial charge in [0.1, 0.15) is 5.75 Å². The topological polar surface area (TPSA) is 79.0 Å². The van der Waals surface area contributed by atoms with E-state index in [1.54, 1.807) is 25.9 Å². The van der Waals surface area contributed by atoms with E-state index in [1.165, 1.54) is 5.56 Å². The van der Waals surface area contributed by atoms with E-state index >= 15 is 0 Å². The van der Waals surface area contributed by atoms with Gasteiger partial charge < -0.3 is 20.5 Å². The standard InChI is InChI=1S/C20H33N3O3/c1-19(2,21)18(24)23-12-5-10-20(25,11-13-23)15-22(3)14-16-6-8-17(26-4)9-7-16/h6-9,25H,5,10-15,21H2,1-4H3/t20-/m0/s1. The molecule has 1 aromatic rings. The number of hydrogen-bond donors (Lipinski definition) is 2. The second kappa shape index (κ2) is 8.37. The van der Waals surface area contributed by atoms with E-state index < -0.39 is 11.1 Å². The van der Waals surface area contributed by atoms with Crippen LogP contribution in [0.1, 0.15) is 38.7 Å². The molecule has 0 radical (unpaired) electrons. The van der Waals surface area contributed by atoms with Gasteiger partial charge in [-0.1, -0.05) is 12.1 Å². The molecular formula is C20H33N3O3. The van der Waals surface area contributed by atoms with Crippen LogP contribution in [0.25, 0.3) is 0 Å². The normalized spacial score (nSPS) is 21.6. The molecule has 1 atom stereocenters. The van der Waals surface area contributed by atoms with Gasteiger partial charge in [-0.3, -0.25) is 9.69 Å². The maximum Gasteiger partial charge on any atom is 0.242 e. The number of carbonyl (C=O) groups excluding carboxylic acids is 1. The van der Waals surface area contributed by atoms with Crippen molar-refractivity contribution < 1.29 is 14.6 Å². The monoisotopic (exact) mass is 363 g/mol. The summed E-state index contributed by atoms with van der Waals surface area (Å²) in [6.45, 7) is 6.00. The van der Waals surface area contributed by atoms with Crippen molar-refractivity contribution in [2.75, 3.05) is 33.8 Å². The highest BCUT2D eigenvalue weighted by Crippen LogP contribution is 2.25. The third kappa shape index (κ3) is 5.69. The number of amides is 1. The molecule has 1 saturated heterocycles. The van der Waals surface area contributed by atoms with Crippen molar-refractivity contribution in [1.82, 2.24) is 9.80 Å². The Balaban J connectivity index is 1.92. The zero-order chi connectivity index (χ0) is 19.4. The number of carbonyl (C=O) groups is 1. The molecule has 1 aliphatic heterocycles. The van der Waals surface area contributed by atoms with Gasteiger partial charge in [0, 0.05) is 26.2 Å². The first kappa shape index (κ1) is 20.7. The molecule has 0 bridgehead atoms. The lowest BCUT2D eigenvalue weighted by Gasteiger charge is -2.32. The molecule has 0 unspecified atom stereocenters. The number of benzene rings is 1. The first-order valence-corrected chi connectivity index (χ1v) is 9.25. The molecule has 1 heterocycles. The first-order chi connectivity index (χ1) is 12.1. The Labute approximate surface area is 156 Å². The molecule has 1 aromatic carbocycles. The number of hydrogen-bond acceptors (Lipinski definition) is 5. The fourth-order valence-electron chi connectivity index (χ4n) is 3.55. The third-order valence-electron chi connectivity index (χ3n) is 4.93. The second-order valence-electron chi connectivity index (χ2n) is 8.11. The van der Waals surface area contributed by atoms with Crippen LogP contribution in [0.15, 0.2) is 24.3 Å². The van der Waals surface area contributed by atoms with Gasteiger partial charge in [-0.25, -0.2) is 0 Å². The zero-order valence-electron chi connectivity index (χ0n) is 16.5. The second-order valence-corrected chi connectivity index (χ2v) is 8.11. The maximum absolute atomic E-state index is 12.4. The fourth-order valence-corrected chi connectivity index (χ4v) is 3.55. The summed E-state index contributed by atoms with van der Waals surface area (Å²) < 4.78 is 5.18. The molecular weight excluding hydrogens is 330 g/mol. The number of nitrogens with two attached hydrogens (primary N) is 1. The summed E-state index contributed by atoms with van der Waals surface area (Å²) in [7, 11) is 3.67. The quantitative estimate of drug-likeness (QED) is 0.803. The summed E-state index contributed by atoms with van der Waals surface area (Å²) in [4.78, 5) is 16.3. The van der Waals surface area contributed by atoms with Gasteiger partial charge in [0.2, 0.25) is 5.91 Å². The van der Waals surface area contributed by atoms with Gasteiger partial charge in [-0.05, 0) is 57.9 Å². The number of ether oxygens (including phenoxy) is 1. The molecule has 0 saturated carbocycles. The van der Waals surface area contributed by atoms with Gasteiger partial charge in [-0.2, -0.15) is 0 Å². The van der Waals surface area contributed by atoms with Crippen LogP contribution in [0.2, 0.25) is 0 Å². The lowest BCUT2D eigenvalue weighted by atomic mass is 9.94. The fraction of sp³-hybridized carbons (Fsp3) is 0.650. The molecule has 0 aliphatic carbocycles. The van der Waals surface area contributed by atoms with Crippen molar-refractivity contribution in [3.8, 4) is 5.75 Å². The average molecular weight is 364 g/mol. The van der Waals surface area contributed by atoms with Gasteiger partial charge in [-0.15, -0.1) is 0 Å². The number of likely N-dealkylation sites (N-methyl/N-ethyl adjacent to an activating group) is 1. The Morgan fingerprint density at radius 3 is 2.54 bits per heavy atom. The van der Waals surface area contributed by atoms with Gasteiger partial charge in [0.05, 0.1) is 18.2 Å². The van der Waals surface area contributed by atoms with Crippen molar-refractivity contribution in [2.45, 2.75) is 50.8 Å². The van der Waals surface area contributed by atoms with Crippen LogP contribution < -0.4 is 10.5 Å². The van der Waals surface area contributed by atoms with Crippen LogP contribution in [0.3, 0.4) is 0 Å². The van der Waals surface area contributed by atoms with Crippen LogP contribution in [0.5, 0.6) is 5.75 Å². The highest BCUT2D eigenvalue weighted by molar-refractivity contribution is 5.85. The summed E-state index contributed by atoms with van der Waals surface area (Å²) in [5, 5.41) is 11.1. The molecule has 146 valence electrons. The lowest BCUT2D eigenvalue weighted by Crippen LogP contribution is -2.51. The molecule has 26 heavy (non-hydrogen) atoms. The molecule has 3 N–H and O–H groups in total. The van der Waals surface area contributed by atoms with E-state index in [9.17, 15) is 9.90 Å². The SMILES string of the molecule is COc1ccc(CN(C)C[C@]2(O)CCCN(C(=O)C(C)(C)N)CC2)cc1. The summed E-state index contributed by atoms with van der Waals surface area (Å²) >= 11 is 0. The molecule has 1 aliphatic rings. The molecule has 0 spiro atoms. The minimum absolute atomic E-state index is 0.0478. The molecule has 0 aromatic heterocycles. The minimum Gasteiger partial charge on any atom is -0.497 e. The Kier molecular flexibility index (Phi) is 6.66. The maximum atomic E-state index is 12.4. The number of methoxy groups -OCH3 is 1. The molecule has 6 nitrogen and oxygen atoms in total. The van der Waals surface area contributed by atoms with E-state index in [-0.39, 0.29) is 5.91 Å². The van der Waals surface area contributed by atoms with Gasteiger partial charge in [0.15, 0.2) is 0 Å². The summed E-state index contributed by atoms with van der Waals surface area (Å²) in [5.74, 6) is 0.791. The lowest BCUT2D eigenvalue weighted by molar-refractivity contribution is -0.135. The summed E-state index contributed by atoms with van der Waals surface area (Å²) in [5.41, 5.74) is 5.47. The molecule has 1 amide bonds. The minimum atomic E-state index is -0.867. The Bertz CT molecular complexity index is 597. The smallest absolute Gasteiger partial charge is 0.242 e.